The Kier molecular flexibility index (Phi) is 28.5. The van der Waals surface area contributed by atoms with Crippen molar-refractivity contribution >= 4 is 26.7 Å². The van der Waals surface area contributed by atoms with Crippen molar-refractivity contribution in [1.82, 2.24) is 0 Å². The Hall–Kier alpha value is -2.53. The minimum Gasteiger partial charge on any atom is -0.478 e. The summed E-state index contributed by atoms with van der Waals surface area (Å²) in [6.07, 6.45) is 3.99. The second-order valence-corrected chi connectivity index (χ2v) is 7.80. The number of hydrogen-bond acceptors (Lipinski definition) is 8. The Morgan fingerprint density at radius 1 is 0.967 bits per heavy atom. The molecule has 0 aromatic carbocycles. The van der Waals surface area contributed by atoms with Crippen molar-refractivity contribution in [2.24, 2.45) is 0 Å². The molecule has 30 heavy (non-hydrogen) atoms. The summed E-state index contributed by atoms with van der Waals surface area (Å²) in [5.41, 5.74) is 2.01. The van der Waals surface area contributed by atoms with Crippen molar-refractivity contribution in [3.63, 3.8) is 0 Å². The maximum atomic E-state index is 10.3. The fourth-order valence-electron chi connectivity index (χ4n) is 1.05. The Morgan fingerprint density at radius 3 is 1.53 bits per heavy atom. The number of rotatable bonds is 10. The summed E-state index contributed by atoms with van der Waals surface area (Å²) in [6, 6.07) is 0. The van der Waals surface area contributed by atoms with Gasteiger partial charge in [-0.1, -0.05) is 39.7 Å². The minimum atomic E-state index is -2.43. The lowest BCUT2D eigenvalue weighted by Gasteiger charge is -2.19. The Bertz CT molecular complexity index is 518. The van der Waals surface area contributed by atoms with Crippen molar-refractivity contribution in [2.75, 3.05) is 35.0 Å². The van der Waals surface area contributed by atoms with Gasteiger partial charge in [0.05, 0.1) is 13.7 Å². The monoisotopic (exact) mass is 448 g/mol. The number of methoxy groups -OCH3 is 1. The van der Waals surface area contributed by atoms with Gasteiger partial charge >= 0.3 is 26.7 Å². The topological polar surface area (TPSA) is 118 Å². The molecule has 0 heterocycles. The van der Waals surface area contributed by atoms with Crippen LogP contribution in [0.5, 0.6) is 0 Å². The molecule has 1 N–H and O–H groups in total. The zero-order valence-corrected chi connectivity index (χ0v) is 19.9. The van der Waals surface area contributed by atoms with Crippen molar-refractivity contribution in [2.45, 2.75) is 26.7 Å². The van der Waals surface area contributed by atoms with E-state index in [4.69, 9.17) is 18.4 Å². The van der Waals surface area contributed by atoms with E-state index in [1.165, 1.54) is 13.2 Å². The van der Waals surface area contributed by atoms with E-state index in [-0.39, 0.29) is 11.9 Å². The van der Waals surface area contributed by atoms with Crippen molar-refractivity contribution in [1.29, 1.82) is 0 Å². The summed E-state index contributed by atoms with van der Waals surface area (Å²) in [7, 11) is 3.53. The smallest absolute Gasteiger partial charge is 0.478 e. The quantitative estimate of drug-likeness (QED) is 0.233. The number of hydrogen-bond donors (Lipinski definition) is 1. The van der Waals surface area contributed by atoms with Crippen LogP contribution in [-0.4, -0.2) is 66.9 Å². The molecule has 0 saturated heterocycles. The minimum absolute atomic E-state index is 0.330. The molecule has 0 unspecified atom stereocenters. The van der Waals surface area contributed by atoms with Gasteiger partial charge in [0.2, 0.25) is 0 Å². The average molecular weight is 449 g/mol. The van der Waals surface area contributed by atoms with Crippen LogP contribution in [0.4, 0.5) is 0 Å². The second kappa shape index (κ2) is 24.5. The molecule has 0 radical (unpaired) electrons. The number of carboxylic acids is 1. The standard InChI is InChI=1S/C7H12O2.C5H12O3Si.C5H8O2.C3H4O2/c1-3-5-6-9-7(8)4-2;1-5-9(6-2,7-3)8-4;1-4(2)5(6)7-3;1-2-3(4)5/h4H,2-3,5-6H2,1H3;5H,1H2,2-4H3;1H2,2-3H3;2H,1H2,(H,4,5). The van der Waals surface area contributed by atoms with Gasteiger partial charge < -0.3 is 27.9 Å². The van der Waals surface area contributed by atoms with E-state index in [1.807, 2.05) is 6.92 Å². The summed E-state index contributed by atoms with van der Waals surface area (Å²) in [4.78, 5) is 29.8. The van der Waals surface area contributed by atoms with E-state index < -0.39 is 14.8 Å². The van der Waals surface area contributed by atoms with E-state index >= 15 is 0 Å². The fraction of sp³-hybridized carbons (Fsp3) is 0.450. The van der Waals surface area contributed by atoms with Gasteiger partial charge in [0.25, 0.3) is 0 Å². The molecule has 0 spiro atoms. The molecule has 0 aliphatic rings. The van der Waals surface area contributed by atoms with Crippen LogP contribution in [0.25, 0.3) is 0 Å². The Balaban J connectivity index is -0.000000154. The van der Waals surface area contributed by atoms with Gasteiger partial charge in [0, 0.05) is 39.1 Å². The van der Waals surface area contributed by atoms with Crippen LogP contribution in [0.3, 0.4) is 0 Å². The molecule has 0 atom stereocenters. The van der Waals surface area contributed by atoms with Crippen LogP contribution in [0, 0.1) is 0 Å². The van der Waals surface area contributed by atoms with Gasteiger partial charge in [-0.15, -0.1) is 0 Å². The molecule has 9 nitrogen and oxygen atoms in total. The lowest BCUT2D eigenvalue weighted by atomic mass is 10.4. The van der Waals surface area contributed by atoms with Crippen molar-refractivity contribution in [3.8, 4) is 0 Å². The molecule has 0 aromatic heterocycles. The third-order valence-electron chi connectivity index (χ3n) is 2.72. The first-order valence-corrected chi connectivity index (χ1v) is 10.5. The molecule has 174 valence electrons. The Morgan fingerprint density at radius 2 is 1.40 bits per heavy atom. The maximum Gasteiger partial charge on any atom is 0.528 e. The third kappa shape index (κ3) is 25.5. The molecule has 0 fully saturated rings. The molecule has 0 aliphatic heterocycles. The van der Waals surface area contributed by atoms with Crippen LogP contribution in [0.15, 0.2) is 49.7 Å². The first-order valence-electron chi connectivity index (χ1n) is 8.68. The van der Waals surface area contributed by atoms with E-state index in [2.05, 4.69) is 35.8 Å². The number of carbonyl (C=O) groups is 3. The largest absolute Gasteiger partial charge is 0.528 e. The number of esters is 2. The van der Waals surface area contributed by atoms with Crippen LogP contribution in [0.1, 0.15) is 26.7 Å². The van der Waals surface area contributed by atoms with Gasteiger partial charge in [0.1, 0.15) is 0 Å². The van der Waals surface area contributed by atoms with E-state index in [1.54, 1.807) is 34.0 Å². The zero-order valence-electron chi connectivity index (χ0n) is 18.9. The predicted molar refractivity (Wildman–Crippen MR) is 118 cm³/mol. The molecular formula is C20H36O9Si. The molecular weight excluding hydrogens is 412 g/mol. The zero-order chi connectivity index (χ0) is 24.6. The van der Waals surface area contributed by atoms with Gasteiger partial charge in [-0.2, -0.15) is 0 Å². The Labute approximate surface area is 181 Å². The maximum absolute atomic E-state index is 10.3. The van der Waals surface area contributed by atoms with Gasteiger partial charge in [0.15, 0.2) is 0 Å². The van der Waals surface area contributed by atoms with Crippen LogP contribution in [0.2, 0.25) is 0 Å². The van der Waals surface area contributed by atoms with E-state index in [0.29, 0.717) is 12.2 Å². The first-order chi connectivity index (χ1) is 14.0. The SMILES string of the molecule is C=C(C)C(=O)OC.C=CC(=O)O.C=CC(=O)OCCCC.C=C[Si](OC)(OC)OC. The van der Waals surface area contributed by atoms with Gasteiger partial charge in [-0.05, 0) is 19.0 Å². The summed E-state index contributed by atoms with van der Waals surface area (Å²) in [5, 5.41) is 7.60. The summed E-state index contributed by atoms with van der Waals surface area (Å²) in [5.74, 6) is -1.66. The summed E-state index contributed by atoms with van der Waals surface area (Å²) in [6.45, 7) is 17.3. The highest BCUT2D eigenvalue weighted by Gasteiger charge is 2.33. The second-order valence-electron chi connectivity index (χ2n) is 4.96. The number of carbonyl (C=O) groups excluding carboxylic acids is 2. The average Bonchev–Trinajstić information content (AvgIpc) is 2.76. The fourth-order valence-corrected chi connectivity index (χ4v) is 2.05. The molecule has 0 aromatic rings. The molecule has 0 saturated carbocycles. The summed E-state index contributed by atoms with van der Waals surface area (Å²) < 4.78 is 23.8. The molecule has 0 amide bonds. The summed E-state index contributed by atoms with van der Waals surface area (Å²) >= 11 is 0. The number of aliphatic carboxylic acids is 1. The van der Waals surface area contributed by atoms with Crippen LogP contribution >= 0.6 is 0 Å². The predicted octanol–water partition coefficient (Wildman–Crippen LogP) is 3.10. The van der Waals surface area contributed by atoms with E-state index in [9.17, 15) is 14.4 Å². The normalized spacial score (nSPS) is 8.87. The van der Waals surface area contributed by atoms with Gasteiger partial charge in [-0.25, -0.2) is 14.4 Å². The third-order valence-corrected chi connectivity index (χ3v) is 4.93. The highest BCUT2D eigenvalue weighted by atomic mass is 28.4. The molecule has 0 aliphatic carbocycles. The first kappa shape index (κ1) is 34.9. The lowest BCUT2D eigenvalue weighted by Crippen LogP contribution is -2.40. The molecule has 0 rings (SSSR count). The number of unbranched alkanes of at least 4 members (excludes halogenated alkanes) is 1. The number of carboxylic acid groups (broad SMARTS) is 1. The highest BCUT2D eigenvalue weighted by Crippen LogP contribution is 2.05. The highest BCUT2D eigenvalue weighted by molar-refractivity contribution is 6.66. The van der Waals surface area contributed by atoms with E-state index in [0.717, 1.165) is 18.9 Å². The van der Waals surface area contributed by atoms with Crippen molar-refractivity contribution < 1.29 is 42.2 Å². The number of ether oxygens (including phenoxy) is 2. The molecule has 10 heteroatoms. The lowest BCUT2D eigenvalue weighted by molar-refractivity contribution is -0.138. The molecule has 0 bridgehead atoms. The van der Waals surface area contributed by atoms with Crippen molar-refractivity contribution in [3.05, 3.63) is 49.7 Å². The van der Waals surface area contributed by atoms with Crippen LogP contribution in [-0.2, 0) is 37.1 Å². The van der Waals surface area contributed by atoms with Gasteiger partial charge in [-0.3, -0.25) is 0 Å². The van der Waals surface area contributed by atoms with Crippen LogP contribution < -0.4 is 0 Å².